The summed E-state index contributed by atoms with van der Waals surface area (Å²) in [5, 5.41) is 0. The molecule has 0 atom stereocenters. The molecule has 4 rings (SSSR count). The van der Waals surface area contributed by atoms with Crippen molar-refractivity contribution < 1.29 is 19.1 Å². The summed E-state index contributed by atoms with van der Waals surface area (Å²) in [5.74, 6) is 1.04. The Morgan fingerprint density at radius 1 is 0.719 bits per heavy atom. The van der Waals surface area contributed by atoms with Gasteiger partial charge in [-0.1, -0.05) is 0 Å². The Labute approximate surface area is 187 Å². The average Bonchev–Trinajstić information content (AvgIpc) is 3.27. The van der Waals surface area contributed by atoms with Crippen LogP contribution in [-0.4, -0.2) is 66.6 Å². The second-order valence-corrected chi connectivity index (χ2v) is 7.68. The Morgan fingerprint density at radius 2 is 1.25 bits per heavy atom. The molecule has 1 saturated heterocycles. The highest BCUT2D eigenvalue weighted by Crippen LogP contribution is 2.24. The molecule has 7 nitrogen and oxygen atoms in total. The van der Waals surface area contributed by atoms with Crippen LogP contribution in [0.25, 0.3) is 5.69 Å². The van der Waals surface area contributed by atoms with Crippen LogP contribution in [0.4, 0.5) is 0 Å². The fourth-order valence-corrected chi connectivity index (χ4v) is 3.90. The molecule has 1 aliphatic rings. The molecule has 0 bridgehead atoms. The van der Waals surface area contributed by atoms with Crippen molar-refractivity contribution in [2.75, 3.05) is 40.4 Å². The van der Waals surface area contributed by atoms with Crippen molar-refractivity contribution in [2.24, 2.45) is 0 Å². The van der Waals surface area contributed by atoms with Crippen LogP contribution in [-0.2, 0) is 0 Å². The third kappa shape index (κ3) is 4.61. The van der Waals surface area contributed by atoms with Crippen molar-refractivity contribution in [3.63, 3.8) is 0 Å². The zero-order valence-corrected chi connectivity index (χ0v) is 18.4. The predicted molar refractivity (Wildman–Crippen MR) is 122 cm³/mol. The molecular formula is C25H27N3O4. The third-order valence-electron chi connectivity index (χ3n) is 5.69. The first-order valence-electron chi connectivity index (χ1n) is 10.6. The van der Waals surface area contributed by atoms with Crippen LogP contribution in [0.1, 0.15) is 27.1 Å². The maximum absolute atomic E-state index is 13.1. The van der Waals surface area contributed by atoms with Gasteiger partial charge in [-0.25, -0.2) is 0 Å². The Kier molecular flexibility index (Phi) is 6.44. The van der Waals surface area contributed by atoms with E-state index in [0.29, 0.717) is 48.8 Å². The Hall–Kier alpha value is -3.74. The van der Waals surface area contributed by atoms with E-state index in [0.717, 1.165) is 12.1 Å². The SMILES string of the molecule is COc1cc(OC)cc(C(=O)N2CCCN(C(=O)c3ccc(-n4cccc4)cc3)CC2)c1. The number of hydrogen-bond donors (Lipinski definition) is 0. The largest absolute Gasteiger partial charge is 0.497 e. The lowest BCUT2D eigenvalue weighted by Crippen LogP contribution is -2.37. The van der Waals surface area contributed by atoms with Gasteiger partial charge in [-0.05, 0) is 55.0 Å². The smallest absolute Gasteiger partial charge is 0.254 e. The van der Waals surface area contributed by atoms with Gasteiger partial charge in [0.05, 0.1) is 14.2 Å². The lowest BCUT2D eigenvalue weighted by molar-refractivity contribution is 0.0718. The summed E-state index contributed by atoms with van der Waals surface area (Å²) < 4.78 is 12.6. The summed E-state index contributed by atoms with van der Waals surface area (Å²) in [4.78, 5) is 29.8. The Balaban J connectivity index is 1.42. The van der Waals surface area contributed by atoms with Crippen molar-refractivity contribution in [2.45, 2.75) is 6.42 Å². The van der Waals surface area contributed by atoms with Crippen molar-refractivity contribution in [3.8, 4) is 17.2 Å². The van der Waals surface area contributed by atoms with Crippen LogP contribution < -0.4 is 9.47 Å². The highest BCUT2D eigenvalue weighted by molar-refractivity contribution is 5.96. The standard InChI is InChI=1S/C25H27N3O4/c1-31-22-16-20(17-23(18-22)32-2)25(30)28-13-5-12-27(14-15-28)24(29)19-6-8-21(9-7-19)26-10-3-4-11-26/h3-4,6-11,16-18H,5,12-15H2,1-2H3. The van der Waals surface area contributed by atoms with Crippen LogP contribution in [0.15, 0.2) is 67.0 Å². The average molecular weight is 434 g/mol. The molecule has 0 spiro atoms. The van der Waals surface area contributed by atoms with Gasteiger partial charge in [0.15, 0.2) is 0 Å². The molecule has 1 aromatic heterocycles. The molecule has 0 radical (unpaired) electrons. The molecule has 7 heteroatoms. The zero-order chi connectivity index (χ0) is 22.5. The number of carbonyl (C=O) groups is 2. The van der Waals surface area contributed by atoms with Crippen molar-refractivity contribution in [1.29, 1.82) is 0 Å². The molecular weight excluding hydrogens is 406 g/mol. The van der Waals surface area contributed by atoms with Gasteiger partial charge in [-0.3, -0.25) is 9.59 Å². The van der Waals surface area contributed by atoms with E-state index in [9.17, 15) is 9.59 Å². The predicted octanol–water partition coefficient (Wildman–Crippen LogP) is 3.48. The highest BCUT2D eigenvalue weighted by Gasteiger charge is 2.24. The van der Waals surface area contributed by atoms with E-state index in [1.807, 2.05) is 58.3 Å². The third-order valence-corrected chi connectivity index (χ3v) is 5.69. The van der Waals surface area contributed by atoms with Gasteiger partial charge in [-0.15, -0.1) is 0 Å². The van der Waals surface area contributed by atoms with Gasteiger partial charge in [0.1, 0.15) is 11.5 Å². The van der Waals surface area contributed by atoms with Gasteiger partial charge in [0.25, 0.3) is 11.8 Å². The van der Waals surface area contributed by atoms with Gasteiger partial charge in [-0.2, -0.15) is 0 Å². The van der Waals surface area contributed by atoms with E-state index in [1.165, 1.54) is 0 Å². The van der Waals surface area contributed by atoms with Gasteiger partial charge in [0.2, 0.25) is 0 Å². The van der Waals surface area contributed by atoms with E-state index in [-0.39, 0.29) is 11.8 Å². The number of nitrogens with zero attached hydrogens (tertiary/aromatic N) is 3. The minimum Gasteiger partial charge on any atom is -0.497 e. The summed E-state index contributed by atoms with van der Waals surface area (Å²) in [6.07, 6.45) is 4.66. The van der Waals surface area contributed by atoms with E-state index in [4.69, 9.17) is 9.47 Å². The number of amides is 2. The summed E-state index contributed by atoms with van der Waals surface area (Å²) in [6, 6.07) is 16.7. The van der Waals surface area contributed by atoms with E-state index < -0.39 is 0 Å². The second-order valence-electron chi connectivity index (χ2n) is 7.68. The van der Waals surface area contributed by atoms with E-state index >= 15 is 0 Å². The van der Waals surface area contributed by atoms with Crippen LogP contribution in [0.2, 0.25) is 0 Å². The molecule has 2 amide bonds. The second kappa shape index (κ2) is 9.60. The topological polar surface area (TPSA) is 64.0 Å². The number of methoxy groups -OCH3 is 2. The summed E-state index contributed by atoms with van der Waals surface area (Å²) in [7, 11) is 3.12. The molecule has 2 heterocycles. The van der Waals surface area contributed by atoms with Gasteiger partial charge in [0, 0.05) is 61.5 Å². The first-order valence-corrected chi connectivity index (χ1v) is 10.6. The number of rotatable bonds is 5. The van der Waals surface area contributed by atoms with Crippen molar-refractivity contribution in [3.05, 3.63) is 78.1 Å². The normalized spacial score (nSPS) is 14.1. The van der Waals surface area contributed by atoms with Crippen LogP contribution in [0.3, 0.4) is 0 Å². The van der Waals surface area contributed by atoms with E-state index in [2.05, 4.69) is 0 Å². The summed E-state index contributed by atoms with van der Waals surface area (Å²) in [6.45, 7) is 2.18. The minimum atomic E-state index is -0.0902. The quantitative estimate of drug-likeness (QED) is 0.618. The summed E-state index contributed by atoms with van der Waals surface area (Å²) >= 11 is 0. The number of aromatic nitrogens is 1. The molecule has 0 aliphatic carbocycles. The van der Waals surface area contributed by atoms with Crippen molar-refractivity contribution in [1.82, 2.24) is 14.4 Å². The van der Waals surface area contributed by atoms with Crippen LogP contribution >= 0.6 is 0 Å². The van der Waals surface area contributed by atoms with E-state index in [1.54, 1.807) is 37.3 Å². The fraction of sp³-hybridized carbons (Fsp3) is 0.280. The molecule has 0 N–H and O–H groups in total. The minimum absolute atomic E-state index is 0.0126. The number of hydrogen-bond acceptors (Lipinski definition) is 4. The first kappa shape index (κ1) is 21.5. The Bertz CT molecular complexity index is 1050. The maximum atomic E-state index is 13.1. The molecule has 0 unspecified atom stereocenters. The monoisotopic (exact) mass is 433 g/mol. The highest BCUT2D eigenvalue weighted by atomic mass is 16.5. The maximum Gasteiger partial charge on any atom is 0.254 e. The molecule has 1 fully saturated rings. The lowest BCUT2D eigenvalue weighted by Gasteiger charge is -2.23. The van der Waals surface area contributed by atoms with Crippen molar-refractivity contribution >= 4 is 11.8 Å². The zero-order valence-electron chi connectivity index (χ0n) is 18.4. The first-order chi connectivity index (χ1) is 15.6. The summed E-state index contributed by atoms with van der Waals surface area (Å²) in [5.41, 5.74) is 2.17. The fourth-order valence-electron chi connectivity index (χ4n) is 3.90. The van der Waals surface area contributed by atoms with Gasteiger partial charge >= 0.3 is 0 Å². The molecule has 3 aromatic rings. The molecule has 1 aliphatic heterocycles. The number of benzene rings is 2. The van der Waals surface area contributed by atoms with Crippen LogP contribution in [0, 0.1) is 0 Å². The van der Waals surface area contributed by atoms with Gasteiger partial charge < -0.3 is 23.8 Å². The molecule has 166 valence electrons. The molecule has 32 heavy (non-hydrogen) atoms. The molecule has 0 saturated carbocycles. The Morgan fingerprint density at radius 3 is 1.78 bits per heavy atom. The lowest BCUT2D eigenvalue weighted by atomic mass is 10.1. The van der Waals surface area contributed by atoms with Crippen LogP contribution in [0.5, 0.6) is 11.5 Å². The number of ether oxygens (including phenoxy) is 2. The number of carbonyl (C=O) groups excluding carboxylic acids is 2. The molecule has 2 aromatic carbocycles.